The Balaban J connectivity index is 1.35. The van der Waals surface area contributed by atoms with Gasteiger partial charge in [-0.3, -0.25) is 14.5 Å². The van der Waals surface area contributed by atoms with Gasteiger partial charge in [0.1, 0.15) is 5.82 Å². The van der Waals surface area contributed by atoms with Crippen LogP contribution >= 0.6 is 23.6 Å². The van der Waals surface area contributed by atoms with Gasteiger partial charge < -0.3 is 10.2 Å². The molecule has 0 bridgehead atoms. The summed E-state index contributed by atoms with van der Waals surface area (Å²) in [6, 6.07) is 7.84. The number of piperidine rings is 1. The molecule has 0 saturated carbocycles. The average Bonchev–Trinajstić information content (AvgIpc) is 3.37. The Bertz CT molecular complexity index is 971. The molecule has 2 N–H and O–H groups in total. The van der Waals surface area contributed by atoms with Crippen molar-refractivity contribution in [3.63, 3.8) is 0 Å². The van der Waals surface area contributed by atoms with Crippen LogP contribution in [-0.4, -0.2) is 38.7 Å². The van der Waals surface area contributed by atoms with Crippen molar-refractivity contribution in [1.82, 2.24) is 19.7 Å². The van der Waals surface area contributed by atoms with E-state index in [1.54, 1.807) is 11.3 Å². The van der Waals surface area contributed by atoms with E-state index < -0.39 is 0 Å². The van der Waals surface area contributed by atoms with Crippen molar-refractivity contribution in [2.75, 3.05) is 23.3 Å². The number of carbonyl (C=O) groups is 1. The number of aromatic nitrogens is 4. The first kappa shape index (κ1) is 18.8. The third-order valence-corrected chi connectivity index (χ3v) is 5.98. The molecule has 3 aromatic heterocycles. The topological polar surface area (TPSA) is 78.8 Å². The van der Waals surface area contributed by atoms with Crippen molar-refractivity contribution in [1.29, 1.82) is 0 Å². The molecule has 0 atom stereocenters. The third kappa shape index (κ3) is 4.31. The van der Waals surface area contributed by atoms with E-state index in [1.807, 2.05) is 40.4 Å². The molecule has 146 valence electrons. The lowest BCUT2D eigenvalue weighted by Crippen LogP contribution is -2.29. The maximum Gasteiger partial charge on any atom is 0.227 e. The molecule has 4 rings (SSSR count). The van der Waals surface area contributed by atoms with Gasteiger partial charge in [0.2, 0.25) is 5.91 Å². The van der Waals surface area contributed by atoms with Crippen LogP contribution in [0.1, 0.15) is 25.7 Å². The van der Waals surface area contributed by atoms with Crippen LogP contribution in [0, 0.1) is 4.77 Å². The van der Waals surface area contributed by atoms with E-state index in [1.165, 1.54) is 19.3 Å². The molecule has 0 spiro atoms. The fraction of sp³-hybridized carbons (Fsp3) is 0.368. The Kier molecular flexibility index (Phi) is 5.82. The Labute approximate surface area is 172 Å². The van der Waals surface area contributed by atoms with Gasteiger partial charge in [0.15, 0.2) is 10.6 Å². The zero-order valence-corrected chi connectivity index (χ0v) is 17.1. The minimum absolute atomic E-state index is 0.0987. The van der Waals surface area contributed by atoms with Crippen molar-refractivity contribution in [3.8, 4) is 10.7 Å². The number of pyridine rings is 1. The number of nitrogens with one attached hydrogen (secondary N) is 2. The first-order valence-corrected chi connectivity index (χ1v) is 10.7. The fourth-order valence-corrected chi connectivity index (χ4v) is 4.28. The third-order valence-electron chi connectivity index (χ3n) is 4.80. The average molecular weight is 415 g/mol. The summed E-state index contributed by atoms with van der Waals surface area (Å²) in [6.07, 6.45) is 5.88. The summed E-state index contributed by atoms with van der Waals surface area (Å²) < 4.78 is 2.37. The van der Waals surface area contributed by atoms with E-state index >= 15 is 0 Å². The van der Waals surface area contributed by atoms with Crippen LogP contribution < -0.4 is 10.2 Å². The highest BCUT2D eigenvalue weighted by atomic mass is 32.1. The van der Waals surface area contributed by atoms with Crippen LogP contribution in [0.5, 0.6) is 0 Å². The lowest BCUT2D eigenvalue weighted by Gasteiger charge is -2.28. The van der Waals surface area contributed by atoms with Gasteiger partial charge in [-0.25, -0.2) is 4.98 Å². The summed E-state index contributed by atoms with van der Waals surface area (Å²) in [5, 5.41) is 11.9. The van der Waals surface area contributed by atoms with E-state index in [-0.39, 0.29) is 5.91 Å². The standard InChI is InChI=1S/C19H22N6OS2/c26-17(8-11-25-18(22-23-19(25)27)15-5-4-12-28-15)21-16-7-6-14(13-20-16)24-9-2-1-3-10-24/h4-7,12-13H,1-3,8-11H2,(H,23,27)(H,20,21,26). The second-order valence-corrected chi connectivity index (χ2v) is 8.06. The lowest BCUT2D eigenvalue weighted by molar-refractivity contribution is -0.116. The number of H-pyrrole nitrogens is 1. The largest absolute Gasteiger partial charge is 0.370 e. The summed E-state index contributed by atoms with van der Waals surface area (Å²) in [5.74, 6) is 1.23. The minimum atomic E-state index is -0.0987. The van der Waals surface area contributed by atoms with Gasteiger partial charge in [0, 0.05) is 26.1 Å². The van der Waals surface area contributed by atoms with Crippen molar-refractivity contribution in [2.45, 2.75) is 32.2 Å². The number of anilines is 2. The Morgan fingerprint density at radius 2 is 2.11 bits per heavy atom. The second-order valence-electron chi connectivity index (χ2n) is 6.73. The van der Waals surface area contributed by atoms with Crippen molar-refractivity contribution in [2.24, 2.45) is 0 Å². The van der Waals surface area contributed by atoms with Gasteiger partial charge in [-0.2, -0.15) is 5.10 Å². The molecule has 1 aliphatic rings. The van der Waals surface area contributed by atoms with E-state index in [2.05, 4.69) is 25.4 Å². The molecule has 1 aliphatic heterocycles. The van der Waals surface area contributed by atoms with Gasteiger partial charge in [-0.1, -0.05) is 6.07 Å². The van der Waals surface area contributed by atoms with Crippen LogP contribution in [0.4, 0.5) is 11.5 Å². The Morgan fingerprint density at radius 1 is 1.25 bits per heavy atom. The molecular weight excluding hydrogens is 392 g/mol. The van der Waals surface area contributed by atoms with Crippen LogP contribution in [0.15, 0.2) is 35.8 Å². The molecule has 28 heavy (non-hydrogen) atoms. The molecule has 7 nitrogen and oxygen atoms in total. The van der Waals surface area contributed by atoms with Gasteiger partial charge in [0.25, 0.3) is 0 Å². The summed E-state index contributed by atoms with van der Waals surface area (Å²) in [7, 11) is 0. The maximum absolute atomic E-state index is 12.4. The first-order valence-electron chi connectivity index (χ1n) is 9.40. The van der Waals surface area contributed by atoms with E-state index in [9.17, 15) is 4.79 Å². The van der Waals surface area contributed by atoms with Gasteiger partial charge in [-0.05, 0) is 55.1 Å². The highest BCUT2D eigenvalue weighted by Gasteiger charge is 2.13. The number of carbonyl (C=O) groups excluding carboxylic acids is 1. The molecule has 4 heterocycles. The fourth-order valence-electron chi connectivity index (χ4n) is 3.34. The van der Waals surface area contributed by atoms with E-state index in [4.69, 9.17) is 12.2 Å². The summed E-state index contributed by atoms with van der Waals surface area (Å²) in [4.78, 5) is 20.1. The van der Waals surface area contributed by atoms with Crippen LogP contribution in [0.25, 0.3) is 10.7 Å². The number of thiophene rings is 1. The summed E-state index contributed by atoms with van der Waals surface area (Å²) >= 11 is 6.89. The number of rotatable bonds is 6. The zero-order chi connectivity index (χ0) is 19.3. The van der Waals surface area contributed by atoms with E-state index in [0.29, 0.717) is 23.6 Å². The quantitative estimate of drug-likeness (QED) is 0.594. The SMILES string of the molecule is O=C(CCn1c(-c2cccs2)n[nH]c1=S)Nc1ccc(N2CCCCC2)cn1. The first-order chi connectivity index (χ1) is 13.7. The van der Waals surface area contributed by atoms with Crippen LogP contribution in [-0.2, 0) is 11.3 Å². The van der Waals surface area contributed by atoms with Crippen molar-refractivity contribution in [3.05, 3.63) is 40.6 Å². The molecule has 0 aromatic carbocycles. The highest BCUT2D eigenvalue weighted by molar-refractivity contribution is 7.71. The summed E-state index contributed by atoms with van der Waals surface area (Å²) in [5.41, 5.74) is 1.11. The molecule has 3 aromatic rings. The molecule has 1 saturated heterocycles. The van der Waals surface area contributed by atoms with Gasteiger partial charge in [-0.15, -0.1) is 11.3 Å². The van der Waals surface area contributed by atoms with Crippen LogP contribution in [0.2, 0.25) is 0 Å². The number of aromatic amines is 1. The van der Waals surface area contributed by atoms with Crippen molar-refractivity contribution < 1.29 is 4.79 Å². The molecule has 1 amide bonds. The number of hydrogen-bond donors (Lipinski definition) is 2. The smallest absolute Gasteiger partial charge is 0.227 e. The predicted octanol–water partition coefficient (Wildman–Crippen LogP) is 4.08. The zero-order valence-electron chi connectivity index (χ0n) is 15.4. The number of nitrogens with zero attached hydrogens (tertiary/aromatic N) is 4. The number of hydrogen-bond acceptors (Lipinski definition) is 6. The predicted molar refractivity (Wildman–Crippen MR) is 114 cm³/mol. The van der Waals surface area contributed by atoms with Crippen LogP contribution in [0.3, 0.4) is 0 Å². The molecule has 0 radical (unpaired) electrons. The molecular formula is C19H22N6OS2. The van der Waals surface area contributed by atoms with Crippen molar-refractivity contribution >= 4 is 41.0 Å². The van der Waals surface area contributed by atoms with Gasteiger partial charge in [0.05, 0.1) is 16.8 Å². The molecule has 0 aliphatic carbocycles. The molecule has 9 heteroatoms. The lowest BCUT2D eigenvalue weighted by atomic mass is 10.1. The number of amides is 1. The second kappa shape index (κ2) is 8.66. The van der Waals surface area contributed by atoms with Gasteiger partial charge >= 0.3 is 0 Å². The Morgan fingerprint density at radius 3 is 2.82 bits per heavy atom. The minimum Gasteiger partial charge on any atom is -0.370 e. The highest BCUT2D eigenvalue weighted by Crippen LogP contribution is 2.23. The molecule has 1 fully saturated rings. The normalized spacial score (nSPS) is 14.2. The molecule has 0 unspecified atom stereocenters. The Hall–Kier alpha value is -2.52. The summed E-state index contributed by atoms with van der Waals surface area (Å²) in [6.45, 7) is 2.61. The monoisotopic (exact) mass is 414 g/mol. The maximum atomic E-state index is 12.4. The van der Waals surface area contributed by atoms with E-state index in [0.717, 1.165) is 29.5 Å².